The number of rotatable bonds is 6. The van der Waals surface area contributed by atoms with Gasteiger partial charge in [-0.25, -0.2) is 9.67 Å². The number of benzene rings is 2. The van der Waals surface area contributed by atoms with Crippen LogP contribution in [0.3, 0.4) is 0 Å². The highest BCUT2D eigenvalue weighted by Crippen LogP contribution is 2.28. The third-order valence-electron chi connectivity index (χ3n) is 4.63. The SMILES string of the molecule is CCOc1ccccc1C(=O)Nc1nn(CC(C)C)c2nc3ccccc3cc12. The fourth-order valence-corrected chi connectivity index (χ4v) is 3.37. The number of hydrogen-bond donors (Lipinski definition) is 1. The van der Waals surface area contributed by atoms with Crippen LogP contribution in [0.15, 0.2) is 54.6 Å². The lowest BCUT2D eigenvalue weighted by Gasteiger charge is -2.09. The van der Waals surface area contributed by atoms with Gasteiger partial charge in [-0.05, 0) is 37.1 Å². The van der Waals surface area contributed by atoms with Gasteiger partial charge in [-0.2, -0.15) is 5.10 Å². The summed E-state index contributed by atoms with van der Waals surface area (Å²) in [5.74, 6) is 1.21. The maximum absolute atomic E-state index is 13.0. The Hall–Kier alpha value is -3.41. The van der Waals surface area contributed by atoms with Crippen LogP contribution in [-0.2, 0) is 6.54 Å². The second kappa shape index (κ2) is 7.91. The van der Waals surface area contributed by atoms with Gasteiger partial charge in [0.05, 0.1) is 23.1 Å². The molecule has 0 saturated heterocycles. The number of nitrogens with one attached hydrogen (secondary N) is 1. The molecule has 1 N–H and O–H groups in total. The van der Waals surface area contributed by atoms with Crippen molar-refractivity contribution in [2.45, 2.75) is 27.3 Å². The highest BCUT2D eigenvalue weighted by atomic mass is 16.5. The zero-order valence-corrected chi connectivity index (χ0v) is 16.8. The van der Waals surface area contributed by atoms with Gasteiger partial charge in [0, 0.05) is 11.9 Å². The van der Waals surface area contributed by atoms with Crippen LogP contribution in [0.4, 0.5) is 5.82 Å². The molecule has 0 aliphatic rings. The number of ether oxygens (including phenoxy) is 1. The molecule has 6 nitrogen and oxygen atoms in total. The van der Waals surface area contributed by atoms with Crippen LogP contribution in [-0.4, -0.2) is 27.3 Å². The summed E-state index contributed by atoms with van der Waals surface area (Å²) >= 11 is 0. The van der Waals surface area contributed by atoms with Crippen LogP contribution < -0.4 is 10.1 Å². The summed E-state index contributed by atoms with van der Waals surface area (Å²) in [6.07, 6.45) is 0. The van der Waals surface area contributed by atoms with E-state index in [2.05, 4.69) is 24.3 Å². The molecule has 0 spiro atoms. The molecule has 0 aliphatic carbocycles. The van der Waals surface area contributed by atoms with Gasteiger partial charge in [0.25, 0.3) is 5.91 Å². The van der Waals surface area contributed by atoms with Gasteiger partial charge in [-0.3, -0.25) is 4.79 Å². The molecule has 0 unspecified atom stereocenters. The summed E-state index contributed by atoms with van der Waals surface area (Å²) in [4.78, 5) is 17.8. The minimum Gasteiger partial charge on any atom is -0.493 e. The van der Waals surface area contributed by atoms with Crippen molar-refractivity contribution in [1.82, 2.24) is 14.8 Å². The predicted octanol–water partition coefficient (Wildman–Crippen LogP) is 4.89. The Kier molecular flexibility index (Phi) is 5.16. The van der Waals surface area contributed by atoms with Crippen molar-refractivity contribution in [3.05, 3.63) is 60.2 Å². The van der Waals surface area contributed by atoms with Crippen molar-refractivity contribution in [2.24, 2.45) is 5.92 Å². The first-order valence-corrected chi connectivity index (χ1v) is 9.86. The second-order valence-electron chi connectivity index (χ2n) is 7.36. The van der Waals surface area contributed by atoms with E-state index in [0.717, 1.165) is 21.9 Å². The minimum absolute atomic E-state index is 0.252. The Labute approximate surface area is 169 Å². The number of aromatic nitrogens is 3. The Morgan fingerprint density at radius 3 is 2.69 bits per heavy atom. The standard InChI is InChI=1S/C23H24N4O2/c1-4-29-20-12-8-6-10-17(20)23(28)25-21-18-13-16-9-5-7-11-19(16)24-22(18)27(26-21)14-15(2)3/h5-13,15H,4,14H2,1-3H3,(H,25,26,28). The molecule has 148 valence electrons. The Bertz CT molecular complexity index is 1180. The van der Waals surface area contributed by atoms with Crippen molar-refractivity contribution >= 4 is 33.7 Å². The lowest BCUT2D eigenvalue weighted by molar-refractivity contribution is 0.102. The van der Waals surface area contributed by atoms with Gasteiger partial charge < -0.3 is 10.1 Å². The van der Waals surface area contributed by atoms with Gasteiger partial charge in [-0.15, -0.1) is 0 Å². The van der Waals surface area contributed by atoms with Crippen LogP contribution in [0.1, 0.15) is 31.1 Å². The molecular formula is C23H24N4O2. The van der Waals surface area contributed by atoms with Gasteiger partial charge in [0.15, 0.2) is 11.5 Å². The average Bonchev–Trinajstić information content (AvgIpc) is 3.02. The molecule has 4 rings (SSSR count). The van der Waals surface area contributed by atoms with E-state index in [9.17, 15) is 4.79 Å². The summed E-state index contributed by atoms with van der Waals surface area (Å²) in [5, 5.41) is 9.48. The molecule has 0 atom stereocenters. The molecule has 1 amide bonds. The average molecular weight is 388 g/mol. The van der Waals surface area contributed by atoms with Crippen molar-refractivity contribution in [3.63, 3.8) is 0 Å². The van der Waals surface area contributed by atoms with Crippen LogP contribution >= 0.6 is 0 Å². The van der Waals surface area contributed by atoms with E-state index in [4.69, 9.17) is 9.72 Å². The monoisotopic (exact) mass is 388 g/mol. The first-order chi connectivity index (χ1) is 14.1. The molecule has 4 aromatic rings. The van der Waals surface area contributed by atoms with Gasteiger partial charge in [0.1, 0.15) is 5.75 Å². The third kappa shape index (κ3) is 3.78. The molecule has 2 aromatic carbocycles. The lowest BCUT2D eigenvalue weighted by Crippen LogP contribution is -2.15. The van der Waals surface area contributed by atoms with E-state index in [1.807, 2.05) is 54.1 Å². The number of amides is 1. The number of hydrogen-bond acceptors (Lipinski definition) is 4. The van der Waals surface area contributed by atoms with Crippen molar-refractivity contribution in [3.8, 4) is 5.75 Å². The van der Waals surface area contributed by atoms with Gasteiger partial charge in [0.2, 0.25) is 0 Å². The van der Waals surface area contributed by atoms with Gasteiger partial charge in [-0.1, -0.05) is 44.2 Å². The highest BCUT2D eigenvalue weighted by molar-refractivity contribution is 6.10. The van der Waals surface area contributed by atoms with Crippen molar-refractivity contribution in [1.29, 1.82) is 0 Å². The number of carbonyl (C=O) groups is 1. The largest absolute Gasteiger partial charge is 0.493 e. The van der Waals surface area contributed by atoms with E-state index in [0.29, 0.717) is 36.2 Å². The molecule has 0 fully saturated rings. The molecule has 0 radical (unpaired) electrons. The number of pyridine rings is 1. The Morgan fingerprint density at radius 1 is 1.14 bits per heavy atom. The minimum atomic E-state index is -0.252. The Morgan fingerprint density at radius 2 is 1.90 bits per heavy atom. The van der Waals surface area contributed by atoms with E-state index in [-0.39, 0.29) is 5.91 Å². The van der Waals surface area contributed by atoms with Gasteiger partial charge >= 0.3 is 0 Å². The van der Waals surface area contributed by atoms with Crippen LogP contribution in [0.2, 0.25) is 0 Å². The molecule has 0 saturated carbocycles. The maximum atomic E-state index is 13.0. The Balaban J connectivity index is 1.79. The number of para-hydroxylation sites is 2. The fourth-order valence-electron chi connectivity index (χ4n) is 3.37. The number of nitrogens with zero attached hydrogens (tertiary/aromatic N) is 3. The van der Waals surface area contributed by atoms with Crippen molar-refractivity contribution < 1.29 is 9.53 Å². The lowest BCUT2D eigenvalue weighted by atomic mass is 10.1. The smallest absolute Gasteiger partial charge is 0.260 e. The van der Waals surface area contributed by atoms with E-state index in [1.165, 1.54) is 0 Å². The quantitative estimate of drug-likeness (QED) is 0.510. The summed E-state index contributed by atoms with van der Waals surface area (Å²) < 4.78 is 7.47. The van der Waals surface area contributed by atoms with Crippen molar-refractivity contribution in [2.75, 3.05) is 11.9 Å². The van der Waals surface area contributed by atoms with E-state index < -0.39 is 0 Å². The first-order valence-electron chi connectivity index (χ1n) is 9.86. The molecule has 0 bridgehead atoms. The molecule has 6 heteroatoms. The number of fused-ring (bicyclic) bond motifs is 2. The molecule has 29 heavy (non-hydrogen) atoms. The van der Waals surface area contributed by atoms with Crippen LogP contribution in [0.25, 0.3) is 21.9 Å². The number of carbonyl (C=O) groups excluding carboxylic acids is 1. The molecule has 2 aromatic heterocycles. The summed E-state index contributed by atoms with van der Waals surface area (Å²) in [6, 6.07) is 17.2. The second-order valence-corrected chi connectivity index (χ2v) is 7.36. The van der Waals surface area contributed by atoms with Crippen LogP contribution in [0.5, 0.6) is 5.75 Å². The first kappa shape index (κ1) is 18.9. The maximum Gasteiger partial charge on any atom is 0.260 e. The summed E-state index contributed by atoms with van der Waals surface area (Å²) in [7, 11) is 0. The fraction of sp³-hybridized carbons (Fsp3) is 0.261. The normalized spacial score (nSPS) is 11.3. The zero-order chi connectivity index (χ0) is 20.4. The van der Waals surface area contributed by atoms with E-state index >= 15 is 0 Å². The highest BCUT2D eigenvalue weighted by Gasteiger charge is 2.18. The molecule has 2 heterocycles. The summed E-state index contributed by atoms with van der Waals surface area (Å²) in [5.41, 5.74) is 2.16. The van der Waals surface area contributed by atoms with E-state index in [1.54, 1.807) is 12.1 Å². The number of anilines is 1. The topological polar surface area (TPSA) is 69.0 Å². The third-order valence-corrected chi connectivity index (χ3v) is 4.63. The molecular weight excluding hydrogens is 364 g/mol. The predicted molar refractivity (Wildman–Crippen MR) is 115 cm³/mol. The molecule has 0 aliphatic heterocycles. The van der Waals surface area contributed by atoms with Crippen LogP contribution in [0, 0.1) is 5.92 Å². The summed E-state index contributed by atoms with van der Waals surface area (Å²) in [6.45, 7) is 7.36. The zero-order valence-electron chi connectivity index (χ0n) is 16.8.